The molecule has 6 heteroatoms. The first-order chi connectivity index (χ1) is 9.07. The van der Waals surface area contributed by atoms with E-state index in [0.717, 1.165) is 17.5 Å². The fourth-order valence-electron chi connectivity index (χ4n) is 1.32. The molecule has 19 heavy (non-hydrogen) atoms. The zero-order chi connectivity index (χ0) is 14.1. The van der Waals surface area contributed by atoms with Crippen molar-refractivity contribution in [1.82, 2.24) is 9.44 Å². The number of hydrogen-bond donors (Lipinski definition) is 3. The van der Waals surface area contributed by atoms with E-state index < -0.39 is 10.2 Å². The van der Waals surface area contributed by atoms with Crippen molar-refractivity contribution in [3.05, 3.63) is 35.4 Å². The van der Waals surface area contributed by atoms with Crippen molar-refractivity contribution in [2.75, 3.05) is 13.1 Å². The molecule has 0 saturated carbocycles. The van der Waals surface area contributed by atoms with Crippen molar-refractivity contribution < 1.29 is 8.42 Å². The molecule has 0 amide bonds. The van der Waals surface area contributed by atoms with E-state index in [0.29, 0.717) is 13.1 Å². The van der Waals surface area contributed by atoms with Crippen LogP contribution in [0.5, 0.6) is 0 Å². The Morgan fingerprint density at radius 2 is 1.89 bits per heavy atom. The summed E-state index contributed by atoms with van der Waals surface area (Å²) in [6.07, 6.45) is 0.759. The molecule has 0 unspecified atom stereocenters. The zero-order valence-electron chi connectivity index (χ0n) is 10.9. The average Bonchev–Trinajstić information content (AvgIpc) is 2.42. The zero-order valence-corrected chi connectivity index (χ0v) is 11.8. The highest BCUT2D eigenvalue weighted by Crippen LogP contribution is 2.03. The standard InChI is InChI=1S/C13H19N3O2S/c1-2-10-15-19(17,18)16-11-13-7-5-12(6-8-13)4-3-9-14/h5-8,15-16H,2,9-11,14H2,1H3. The summed E-state index contributed by atoms with van der Waals surface area (Å²) in [4.78, 5) is 0. The van der Waals surface area contributed by atoms with E-state index in [1.807, 2.05) is 31.2 Å². The van der Waals surface area contributed by atoms with Crippen molar-refractivity contribution in [3.63, 3.8) is 0 Å². The lowest BCUT2D eigenvalue weighted by molar-refractivity contribution is 0.565. The molecule has 0 bridgehead atoms. The molecule has 0 aliphatic rings. The largest absolute Gasteiger partial charge is 0.320 e. The molecule has 0 aliphatic carbocycles. The summed E-state index contributed by atoms with van der Waals surface area (Å²) >= 11 is 0. The van der Waals surface area contributed by atoms with Gasteiger partial charge >= 0.3 is 0 Å². The lowest BCUT2D eigenvalue weighted by Crippen LogP contribution is -2.36. The molecule has 0 saturated heterocycles. The van der Waals surface area contributed by atoms with E-state index in [1.54, 1.807) is 0 Å². The van der Waals surface area contributed by atoms with Crippen LogP contribution in [0.4, 0.5) is 0 Å². The van der Waals surface area contributed by atoms with Gasteiger partial charge in [0, 0.05) is 18.7 Å². The first kappa shape index (κ1) is 15.7. The van der Waals surface area contributed by atoms with Crippen LogP contribution in [0, 0.1) is 11.8 Å². The van der Waals surface area contributed by atoms with Gasteiger partial charge in [-0.05, 0) is 24.1 Å². The van der Waals surface area contributed by atoms with Gasteiger partial charge in [0.15, 0.2) is 0 Å². The Labute approximate surface area is 114 Å². The summed E-state index contributed by atoms with van der Waals surface area (Å²) in [5.74, 6) is 5.67. The molecule has 5 nitrogen and oxygen atoms in total. The van der Waals surface area contributed by atoms with Crippen LogP contribution in [0.1, 0.15) is 24.5 Å². The van der Waals surface area contributed by atoms with Crippen LogP contribution >= 0.6 is 0 Å². The molecular weight excluding hydrogens is 262 g/mol. The molecule has 4 N–H and O–H groups in total. The number of benzene rings is 1. The maximum atomic E-state index is 11.5. The minimum absolute atomic E-state index is 0.254. The highest BCUT2D eigenvalue weighted by molar-refractivity contribution is 7.87. The minimum Gasteiger partial charge on any atom is -0.320 e. The van der Waals surface area contributed by atoms with E-state index in [-0.39, 0.29) is 6.54 Å². The number of nitrogens with one attached hydrogen (secondary N) is 2. The summed E-state index contributed by atoms with van der Waals surface area (Å²) in [6, 6.07) is 7.35. The quantitative estimate of drug-likeness (QED) is 0.657. The van der Waals surface area contributed by atoms with Crippen LogP contribution in [0.25, 0.3) is 0 Å². The second kappa shape index (κ2) is 7.92. The maximum absolute atomic E-state index is 11.5. The van der Waals surface area contributed by atoms with Gasteiger partial charge in [-0.2, -0.15) is 13.1 Å². The smallest absolute Gasteiger partial charge is 0.277 e. The summed E-state index contributed by atoms with van der Waals surface area (Å²) < 4.78 is 27.9. The van der Waals surface area contributed by atoms with E-state index in [2.05, 4.69) is 21.3 Å². The summed E-state index contributed by atoms with van der Waals surface area (Å²) in [5.41, 5.74) is 7.02. The highest BCUT2D eigenvalue weighted by atomic mass is 32.2. The molecule has 0 aromatic heterocycles. The van der Waals surface area contributed by atoms with Crippen LogP contribution in [0.3, 0.4) is 0 Å². The highest BCUT2D eigenvalue weighted by Gasteiger charge is 2.07. The minimum atomic E-state index is -3.41. The molecule has 1 aromatic carbocycles. The maximum Gasteiger partial charge on any atom is 0.277 e. The number of hydrogen-bond acceptors (Lipinski definition) is 3. The molecule has 0 spiro atoms. The second-order valence-corrected chi connectivity index (χ2v) is 5.51. The Morgan fingerprint density at radius 1 is 1.21 bits per heavy atom. The second-order valence-electron chi connectivity index (χ2n) is 3.92. The van der Waals surface area contributed by atoms with Gasteiger partial charge in [0.1, 0.15) is 0 Å². The van der Waals surface area contributed by atoms with Gasteiger partial charge in [0.05, 0.1) is 6.54 Å². The van der Waals surface area contributed by atoms with Gasteiger partial charge in [-0.3, -0.25) is 0 Å². The molecule has 104 valence electrons. The monoisotopic (exact) mass is 281 g/mol. The first-order valence-corrected chi connectivity index (χ1v) is 7.58. The Hall–Kier alpha value is -1.39. The van der Waals surface area contributed by atoms with E-state index in [4.69, 9.17) is 5.73 Å². The normalized spacial score (nSPS) is 10.8. The summed E-state index contributed by atoms with van der Waals surface area (Å²) in [5, 5.41) is 0. The Balaban J connectivity index is 2.54. The predicted molar refractivity (Wildman–Crippen MR) is 76.4 cm³/mol. The van der Waals surface area contributed by atoms with Crippen molar-refractivity contribution in [1.29, 1.82) is 0 Å². The van der Waals surface area contributed by atoms with Gasteiger partial charge < -0.3 is 5.73 Å². The molecular formula is C13H19N3O2S. The van der Waals surface area contributed by atoms with Crippen molar-refractivity contribution in [2.24, 2.45) is 5.73 Å². The van der Waals surface area contributed by atoms with E-state index >= 15 is 0 Å². The van der Waals surface area contributed by atoms with Gasteiger partial charge in [0.2, 0.25) is 0 Å². The molecule has 1 rings (SSSR count). The van der Waals surface area contributed by atoms with Gasteiger partial charge in [-0.1, -0.05) is 30.9 Å². The third-order valence-corrected chi connectivity index (χ3v) is 3.41. The Kier molecular flexibility index (Phi) is 6.53. The third kappa shape index (κ3) is 6.36. The molecule has 0 radical (unpaired) electrons. The van der Waals surface area contributed by atoms with Crippen LogP contribution in [-0.4, -0.2) is 21.5 Å². The Morgan fingerprint density at radius 3 is 2.47 bits per heavy atom. The summed E-state index contributed by atoms with van der Waals surface area (Å²) in [7, 11) is -3.41. The first-order valence-electron chi connectivity index (χ1n) is 6.09. The molecule has 0 heterocycles. The lowest BCUT2D eigenvalue weighted by atomic mass is 10.1. The van der Waals surface area contributed by atoms with Crippen molar-refractivity contribution in [3.8, 4) is 11.8 Å². The lowest BCUT2D eigenvalue weighted by Gasteiger charge is -2.07. The molecule has 0 fully saturated rings. The predicted octanol–water partition coefficient (Wildman–Crippen LogP) is 0.331. The average molecular weight is 281 g/mol. The molecule has 0 atom stereocenters. The van der Waals surface area contributed by atoms with Crippen LogP contribution in [0.15, 0.2) is 24.3 Å². The van der Waals surface area contributed by atoms with Crippen molar-refractivity contribution >= 4 is 10.2 Å². The van der Waals surface area contributed by atoms with Crippen molar-refractivity contribution in [2.45, 2.75) is 19.9 Å². The number of nitrogens with two attached hydrogens (primary N) is 1. The van der Waals surface area contributed by atoms with Gasteiger partial charge in [0.25, 0.3) is 10.2 Å². The fourth-order valence-corrected chi connectivity index (χ4v) is 2.26. The molecule has 1 aromatic rings. The van der Waals surface area contributed by atoms with Crippen LogP contribution < -0.4 is 15.2 Å². The van der Waals surface area contributed by atoms with E-state index in [1.165, 1.54) is 0 Å². The number of rotatable bonds is 6. The molecule has 0 aliphatic heterocycles. The van der Waals surface area contributed by atoms with Crippen LogP contribution in [0.2, 0.25) is 0 Å². The third-order valence-electron chi connectivity index (χ3n) is 2.30. The van der Waals surface area contributed by atoms with E-state index in [9.17, 15) is 8.42 Å². The SMILES string of the molecule is CCCNS(=O)(=O)NCc1ccc(C#CCN)cc1. The topological polar surface area (TPSA) is 84.2 Å². The van der Waals surface area contributed by atoms with Gasteiger partial charge in [-0.15, -0.1) is 0 Å². The fraction of sp³-hybridized carbons (Fsp3) is 0.385. The van der Waals surface area contributed by atoms with Crippen LogP contribution in [-0.2, 0) is 16.8 Å². The summed E-state index contributed by atoms with van der Waals surface area (Å²) in [6.45, 7) is 2.92. The Bertz CT molecular complexity index is 541. The van der Waals surface area contributed by atoms with Gasteiger partial charge in [-0.25, -0.2) is 4.72 Å².